The number of benzene rings is 1. The molecule has 1 saturated heterocycles. The standard InChI is InChI=1S/C19H22N2O3/c1-14-5-2-3-7-16(14)19(8-11-24-12-9-19)13-21-18(23)15-6-4-10-20-17(15)22/h2-7,10H,8-9,11-13H2,1H3,(H,20,22)(H,21,23). The van der Waals surface area contributed by atoms with Crippen LogP contribution in [0.2, 0.25) is 0 Å². The largest absolute Gasteiger partial charge is 0.381 e. The molecule has 0 atom stereocenters. The van der Waals surface area contributed by atoms with Gasteiger partial charge in [-0.1, -0.05) is 24.3 Å². The van der Waals surface area contributed by atoms with Crippen LogP contribution in [-0.4, -0.2) is 30.6 Å². The Labute approximate surface area is 141 Å². The molecule has 1 aliphatic heterocycles. The fraction of sp³-hybridized carbons (Fsp3) is 0.368. The number of nitrogens with one attached hydrogen (secondary N) is 2. The first kappa shape index (κ1) is 16.5. The SMILES string of the molecule is Cc1ccccc1C1(CNC(=O)c2ccc[nH]c2=O)CCOCC1. The quantitative estimate of drug-likeness (QED) is 0.904. The van der Waals surface area contributed by atoms with E-state index in [0.29, 0.717) is 19.8 Å². The van der Waals surface area contributed by atoms with Crippen LogP contribution in [0.4, 0.5) is 0 Å². The minimum absolute atomic E-state index is 0.143. The number of hydrogen-bond acceptors (Lipinski definition) is 3. The number of pyridine rings is 1. The lowest BCUT2D eigenvalue weighted by Gasteiger charge is -2.39. The highest BCUT2D eigenvalue weighted by atomic mass is 16.5. The van der Waals surface area contributed by atoms with E-state index in [1.165, 1.54) is 17.3 Å². The van der Waals surface area contributed by atoms with Gasteiger partial charge in [0, 0.05) is 31.4 Å². The number of rotatable bonds is 4. The van der Waals surface area contributed by atoms with Crippen molar-refractivity contribution in [2.45, 2.75) is 25.2 Å². The van der Waals surface area contributed by atoms with Crippen molar-refractivity contribution in [1.82, 2.24) is 10.3 Å². The molecule has 0 bridgehead atoms. The summed E-state index contributed by atoms with van der Waals surface area (Å²) in [6.45, 7) is 3.94. The summed E-state index contributed by atoms with van der Waals surface area (Å²) in [5.41, 5.74) is 2.08. The molecular weight excluding hydrogens is 304 g/mol. The zero-order valence-electron chi connectivity index (χ0n) is 13.8. The molecule has 3 rings (SSSR count). The van der Waals surface area contributed by atoms with E-state index in [-0.39, 0.29) is 22.4 Å². The molecule has 2 heterocycles. The van der Waals surface area contributed by atoms with Crippen LogP contribution < -0.4 is 10.9 Å². The van der Waals surface area contributed by atoms with Gasteiger partial charge in [0.1, 0.15) is 5.56 Å². The highest BCUT2D eigenvalue weighted by Gasteiger charge is 2.36. The summed E-state index contributed by atoms with van der Waals surface area (Å²) >= 11 is 0. The van der Waals surface area contributed by atoms with Crippen LogP contribution in [0.15, 0.2) is 47.4 Å². The maximum Gasteiger partial charge on any atom is 0.260 e. The molecule has 126 valence electrons. The van der Waals surface area contributed by atoms with Gasteiger partial charge in [0.2, 0.25) is 0 Å². The molecule has 2 aromatic rings. The molecule has 5 heteroatoms. The van der Waals surface area contributed by atoms with Crippen LogP contribution in [0.5, 0.6) is 0 Å². The Balaban J connectivity index is 1.83. The summed E-state index contributed by atoms with van der Waals surface area (Å²) in [6, 6.07) is 11.5. The van der Waals surface area contributed by atoms with E-state index in [1.807, 2.05) is 12.1 Å². The van der Waals surface area contributed by atoms with Gasteiger partial charge in [0.15, 0.2) is 0 Å². The summed E-state index contributed by atoms with van der Waals surface area (Å²) in [5.74, 6) is -0.337. The van der Waals surface area contributed by atoms with Crippen molar-refractivity contribution in [3.8, 4) is 0 Å². The summed E-state index contributed by atoms with van der Waals surface area (Å²) in [6.07, 6.45) is 3.22. The van der Waals surface area contributed by atoms with Crippen LogP contribution >= 0.6 is 0 Å². The zero-order valence-corrected chi connectivity index (χ0v) is 13.8. The van der Waals surface area contributed by atoms with Gasteiger partial charge in [0.25, 0.3) is 11.5 Å². The number of hydrogen-bond donors (Lipinski definition) is 2. The second-order valence-corrected chi connectivity index (χ2v) is 6.30. The third-order valence-corrected chi connectivity index (χ3v) is 4.82. The predicted molar refractivity (Wildman–Crippen MR) is 92.3 cm³/mol. The van der Waals surface area contributed by atoms with Gasteiger partial charge in [-0.2, -0.15) is 0 Å². The Bertz CT molecular complexity index is 776. The van der Waals surface area contributed by atoms with Crippen molar-refractivity contribution in [2.24, 2.45) is 0 Å². The molecule has 1 aliphatic rings. The second-order valence-electron chi connectivity index (χ2n) is 6.30. The van der Waals surface area contributed by atoms with E-state index < -0.39 is 0 Å². The van der Waals surface area contributed by atoms with Crippen LogP contribution in [0.1, 0.15) is 34.3 Å². The maximum absolute atomic E-state index is 12.4. The van der Waals surface area contributed by atoms with Crippen molar-refractivity contribution in [2.75, 3.05) is 19.8 Å². The molecule has 1 fully saturated rings. The van der Waals surface area contributed by atoms with Gasteiger partial charge >= 0.3 is 0 Å². The highest BCUT2D eigenvalue weighted by Crippen LogP contribution is 2.36. The van der Waals surface area contributed by atoms with E-state index in [1.54, 1.807) is 12.1 Å². The van der Waals surface area contributed by atoms with Crippen molar-refractivity contribution in [3.63, 3.8) is 0 Å². The van der Waals surface area contributed by atoms with E-state index in [4.69, 9.17) is 4.74 Å². The van der Waals surface area contributed by atoms with Crippen LogP contribution in [0.3, 0.4) is 0 Å². The molecule has 5 nitrogen and oxygen atoms in total. The third kappa shape index (κ3) is 3.26. The monoisotopic (exact) mass is 326 g/mol. The molecule has 0 unspecified atom stereocenters. The average Bonchev–Trinajstić information content (AvgIpc) is 2.61. The first-order chi connectivity index (χ1) is 11.6. The van der Waals surface area contributed by atoms with Crippen molar-refractivity contribution < 1.29 is 9.53 Å². The molecular formula is C19H22N2O3. The Morgan fingerprint density at radius 3 is 2.67 bits per heavy atom. The van der Waals surface area contributed by atoms with E-state index in [9.17, 15) is 9.59 Å². The number of carbonyl (C=O) groups excluding carboxylic acids is 1. The highest BCUT2D eigenvalue weighted by molar-refractivity contribution is 5.93. The van der Waals surface area contributed by atoms with Crippen LogP contribution in [-0.2, 0) is 10.2 Å². The average molecular weight is 326 g/mol. The van der Waals surface area contributed by atoms with E-state index in [2.05, 4.69) is 29.4 Å². The van der Waals surface area contributed by atoms with Gasteiger partial charge in [-0.25, -0.2) is 0 Å². The third-order valence-electron chi connectivity index (χ3n) is 4.82. The van der Waals surface area contributed by atoms with Gasteiger partial charge in [-0.15, -0.1) is 0 Å². The van der Waals surface area contributed by atoms with Crippen molar-refractivity contribution >= 4 is 5.91 Å². The first-order valence-electron chi connectivity index (χ1n) is 8.22. The molecule has 24 heavy (non-hydrogen) atoms. The van der Waals surface area contributed by atoms with Gasteiger partial charge in [-0.3, -0.25) is 9.59 Å². The summed E-state index contributed by atoms with van der Waals surface area (Å²) in [5, 5.41) is 2.96. The van der Waals surface area contributed by atoms with Gasteiger partial charge in [-0.05, 0) is 43.0 Å². The Hall–Kier alpha value is -2.40. The zero-order chi connectivity index (χ0) is 17.0. The van der Waals surface area contributed by atoms with E-state index >= 15 is 0 Å². The molecule has 2 N–H and O–H groups in total. The van der Waals surface area contributed by atoms with Gasteiger partial charge < -0.3 is 15.0 Å². The number of aryl methyl sites for hydroxylation is 1. The lowest BCUT2D eigenvalue weighted by Crippen LogP contribution is -2.45. The summed E-state index contributed by atoms with van der Waals surface area (Å²) in [7, 11) is 0. The molecule has 0 saturated carbocycles. The first-order valence-corrected chi connectivity index (χ1v) is 8.22. The Morgan fingerprint density at radius 2 is 1.96 bits per heavy atom. The number of carbonyl (C=O) groups is 1. The van der Waals surface area contributed by atoms with E-state index in [0.717, 1.165) is 12.8 Å². The minimum Gasteiger partial charge on any atom is -0.381 e. The molecule has 1 aromatic heterocycles. The van der Waals surface area contributed by atoms with Crippen molar-refractivity contribution in [3.05, 3.63) is 69.6 Å². The molecule has 1 amide bonds. The fourth-order valence-electron chi connectivity index (χ4n) is 3.42. The van der Waals surface area contributed by atoms with Crippen LogP contribution in [0.25, 0.3) is 0 Å². The number of H-pyrrole nitrogens is 1. The molecule has 1 aromatic carbocycles. The van der Waals surface area contributed by atoms with Gasteiger partial charge in [0.05, 0.1) is 0 Å². The van der Waals surface area contributed by atoms with Crippen molar-refractivity contribution in [1.29, 1.82) is 0 Å². The molecule has 0 radical (unpaired) electrons. The molecule has 0 aliphatic carbocycles. The lowest BCUT2D eigenvalue weighted by atomic mass is 9.72. The lowest BCUT2D eigenvalue weighted by molar-refractivity contribution is 0.0485. The minimum atomic E-state index is -0.369. The molecule has 0 spiro atoms. The Kier molecular flexibility index (Phi) is 4.81. The summed E-state index contributed by atoms with van der Waals surface area (Å²) in [4.78, 5) is 26.7. The number of aromatic amines is 1. The number of aromatic nitrogens is 1. The summed E-state index contributed by atoms with van der Waals surface area (Å²) < 4.78 is 5.53. The number of ether oxygens (including phenoxy) is 1. The fourth-order valence-corrected chi connectivity index (χ4v) is 3.42. The normalized spacial score (nSPS) is 16.5. The smallest absolute Gasteiger partial charge is 0.260 e. The van der Waals surface area contributed by atoms with Crippen LogP contribution in [0, 0.1) is 6.92 Å². The predicted octanol–water partition coefficient (Wildman–Crippen LogP) is 2.16. The maximum atomic E-state index is 12.4. The Morgan fingerprint density at radius 1 is 1.21 bits per heavy atom. The number of amides is 1. The topological polar surface area (TPSA) is 71.2 Å². The second kappa shape index (κ2) is 7.01.